The van der Waals surface area contributed by atoms with Gasteiger partial charge in [0.1, 0.15) is 5.82 Å². The van der Waals surface area contributed by atoms with Crippen molar-refractivity contribution in [3.63, 3.8) is 0 Å². The second-order valence-electron chi connectivity index (χ2n) is 6.61. The summed E-state index contributed by atoms with van der Waals surface area (Å²) < 4.78 is 5.98. The van der Waals surface area contributed by atoms with Crippen LogP contribution in [0.3, 0.4) is 0 Å². The van der Waals surface area contributed by atoms with E-state index in [-0.39, 0.29) is 12.0 Å². The highest BCUT2D eigenvalue weighted by Crippen LogP contribution is 2.19. The average Bonchev–Trinajstić information content (AvgIpc) is 3.16. The maximum atomic E-state index is 11.8. The summed E-state index contributed by atoms with van der Waals surface area (Å²) in [5, 5.41) is 7.36. The first-order valence-corrected chi connectivity index (χ1v) is 9.74. The predicted molar refractivity (Wildman–Crippen MR) is 106 cm³/mol. The molecule has 1 saturated heterocycles. The van der Waals surface area contributed by atoms with Gasteiger partial charge in [-0.1, -0.05) is 18.6 Å². The summed E-state index contributed by atoms with van der Waals surface area (Å²) in [5.41, 5.74) is 0.984. The number of unbranched alkanes of at least 4 members (excludes halogenated alkanes) is 2. The molecule has 1 unspecified atom stereocenters. The number of nitrogens with zero attached hydrogens (tertiary/aromatic N) is 1. The van der Waals surface area contributed by atoms with Crippen LogP contribution in [-0.2, 0) is 9.53 Å². The highest BCUT2D eigenvalue weighted by molar-refractivity contribution is 7.71. The minimum Gasteiger partial charge on any atom is -0.376 e. The highest BCUT2D eigenvalue weighted by Gasteiger charge is 2.15. The van der Waals surface area contributed by atoms with Gasteiger partial charge in [0.2, 0.25) is 5.91 Å². The molecular formula is C19H26N4O2S. The minimum atomic E-state index is 0.121. The molecular weight excluding hydrogens is 348 g/mol. The van der Waals surface area contributed by atoms with Crippen LogP contribution in [0.1, 0.15) is 38.5 Å². The molecule has 1 fully saturated rings. The van der Waals surface area contributed by atoms with Crippen LogP contribution in [0.2, 0.25) is 0 Å². The molecule has 140 valence electrons. The van der Waals surface area contributed by atoms with Gasteiger partial charge in [-0.15, -0.1) is 0 Å². The van der Waals surface area contributed by atoms with Crippen LogP contribution < -0.4 is 10.6 Å². The van der Waals surface area contributed by atoms with Crippen LogP contribution in [0.25, 0.3) is 10.9 Å². The van der Waals surface area contributed by atoms with Crippen molar-refractivity contribution in [3.05, 3.63) is 29.0 Å². The van der Waals surface area contributed by atoms with Gasteiger partial charge in [-0.25, -0.2) is 4.98 Å². The van der Waals surface area contributed by atoms with Crippen molar-refractivity contribution >= 4 is 34.8 Å². The first-order chi connectivity index (χ1) is 12.7. The number of aromatic amines is 1. The fraction of sp³-hybridized carbons (Fsp3) is 0.526. The SMILES string of the molecule is O=C(CCCCCNc1nc(=S)[nH]c2ccccc12)NCC1CCCO1. The quantitative estimate of drug-likeness (QED) is 0.462. The molecule has 2 aromatic rings. The molecule has 0 spiro atoms. The largest absolute Gasteiger partial charge is 0.376 e. The van der Waals surface area contributed by atoms with E-state index < -0.39 is 0 Å². The van der Waals surface area contributed by atoms with E-state index in [1.807, 2.05) is 24.3 Å². The molecule has 2 heterocycles. The normalized spacial score (nSPS) is 16.7. The summed E-state index contributed by atoms with van der Waals surface area (Å²) in [7, 11) is 0. The fourth-order valence-electron chi connectivity index (χ4n) is 3.15. The molecule has 1 aromatic heterocycles. The van der Waals surface area contributed by atoms with Crippen molar-refractivity contribution < 1.29 is 9.53 Å². The number of carbonyl (C=O) groups is 1. The number of carbonyl (C=O) groups excluding carboxylic acids is 1. The van der Waals surface area contributed by atoms with Gasteiger partial charge in [0.25, 0.3) is 0 Å². The Morgan fingerprint density at radius 1 is 1.31 bits per heavy atom. The Balaban J connectivity index is 1.33. The van der Waals surface area contributed by atoms with Gasteiger partial charge in [0.05, 0.1) is 11.6 Å². The first kappa shape index (κ1) is 18.8. The third-order valence-electron chi connectivity index (χ3n) is 4.56. The monoisotopic (exact) mass is 374 g/mol. The predicted octanol–water partition coefficient (Wildman–Crippen LogP) is 3.56. The number of fused-ring (bicyclic) bond motifs is 1. The summed E-state index contributed by atoms with van der Waals surface area (Å²) in [6.07, 6.45) is 5.82. The van der Waals surface area contributed by atoms with E-state index in [1.54, 1.807) is 0 Å². The molecule has 3 rings (SSSR count). The van der Waals surface area contributed by atoms with Crippen molar-refractivity contribution in [1.82, 2.24) is 15.3 Å². The lowest BCUT2D eigenvalue weighted by molar-refractivity contribution is -0.121. The van der Waals surface area contributed by atoms with E-state index in [4.69, 9.17) is 17.0 Å². The van der Waals surface area contributed by atoms with E-state index in [1.165, 1.54) is 0 Å². The average molecular weight is 375 g/mol. The van der Waals surface area contributed by atoms with E-state index >= 15 is 0 Å². The Bertz CT molecular complexity index is 786. The Hall–Kier alpha value is -1.99. The zero-order valence-corrected chi connectivity index (χ0v) is 15.7. The third-order valence-corrected chi connectivity index (χ3v) is 4.75. The van der Waals surface area contributed by atoms with Crippen LogP contribution in [0.15, 0.2) is 24.3 Å². The molecule has 26 heavy (non-hydrogen) atoms. The number of rotatable bonds is 9. The zero-order valence-electron chi connectivity index (χ0n) is 14.9. The molecule has 0 aliphatic carbocycles. The lowest BCUT2D eigenvalue weighted by Crippen LogP contribution is -2.31. The molecule has 3 N–H and O–H groups in total. The molecule has 0 radical (unpaired) electrons. The Labute approximate surface area is 158 Å². The molecule has 1 aromatic carbocycles. The van der Waals surface area contributed by atoms with Gasteiger partial charge in [-0.05, 0) is 50.0 Å². The van der Waals surface area contributed by atoms with Crippen LogP contribution in [0.4, 0.5) is 5.82 Å². The molecule has 0 saturated carbocycles. The van der Waals surface area contributed by atoms with Crippen molar-refractivity contribution in [2.24, 2.45) is 0 Å². The third kappa shape index (κ3) is 5.51. The number of H-pyrrole nitrogens is 1. The molecule has 1 amide bonds. The molecule has 1 aliphatic heterocycles. The number of nitrogens with one attached hydrogen (secondary N) is 3. The van der Waals surface area contributed by atoms with Gasteiger partial charge in [0, 0.05) is 31.5 Å². The summed E-state index contributed by atoms with van der Waals surface area (Å²) >= 11 is 5.18. The molecule has 1 atom stereocenters. The Morgan fingerprint density at radius 2 is 2.19 bits per heavy atom. The number of anilines is 1. The van der Waals surface area contributed by atoms with Crippen molar-refractivity contribution in [2.45, 2.75) is 44.6 Å². The summed E-state index contributed by atoms with van der Waals surface area (Å²) in [4.78, 5) is 19.3. The number of ether oxygens (including phenoxy) is 1. The Morgan fingerprint density at radius 3 is 3.04 bits per heavy atom. The number of hydrogen-bond donors (Lipinski definition) is 3. The van der Waals surface area contributed by atoms with Gasteiger partial charge in [-0.2, -0.15) is 0 Å². The number of amides is 1. The first-order valence-electron chi connectivity index (χ1n) is 9.33. The molecule has 6 nitrogen and oxygen atoms in total. The number of benzene rings is 1. The summed E-state index contributed by atoms with van der Waals surface area (Å²) in [6.45, 7) is 2.28. The van der Waals surface area contributed by atoms with Crippen molar-refractivity contribution in [1.29, 1.82) is 0 Å². The van der Waals surface area contributed by atoms with Crippen LogP contribution in [0.5, 0.6) is 0 Å². The lowest BCUT2D eigenvalue weighted by Gasteiger charge is -2.11. The number of para-hydroxylation sites is 1. The standard InChI is InChI=1S/C19H26N4O2S/c24-17(21-13-14-7-6-12-25-14)10-2-1-5-11-20-18-15-8-3-4-9-16(15)22-19(26)23-18/h3-4,8-9,14H,1-2,5-7,10-13H2,(H,21,24)(H2,20,22,23,26). The topological polar surface area (TPSA) is 79.0 Å². The second kappa shape index (κ2) is 9.64. The summed E-state index contributed by atoms with van der Waals surface area (Å²) in [5.74, 6) is 0.939. The van der Waals surface area contributed by atoms with Crippen LogP contribution in [0, 0.1) is 4.77 Å². The zero-order chi connectivity index (χ0) is 18.2. The highest BCUT2D eigenvalue weighted by atomic mass is 32.1. The fourth-order valence-corrected chi connectivity index (χ4v) is 3.36. The second-order valence-corrected chi connectivity index (χ2v) is 7.00. The maximum Gasteiger partial charge on any atom is 0.220 e. The lowest BCUT2D eigenvalue weighted by atomic mass is 10.1. The van der Waals surface area contributed by atoms with Gasteiger partial charge in [-0.3, -0.25) is 4.79 Å². The molecule has 1 aliphatic rings. The van der Waals surface area contributed by atoms with Crippen molar-refractivity contribution in [3.8, 4) is 0 Å². The van der Waals surface area contributed by atoms with Crippen molar-refractivity contribution in [2.75, 3.05) is 25.0 Å². The van der Waals surface area contributed by atoms with Gasteiger partial charge in [0.15, 0.2) is 4.77 Å². The van der Waals surface area contributed by atoms with E-state index in [0.29, 0.717) is 17.7 Å². The Kier molecular flexibility index (Phi) is 6.96. The van der Waals surface area contributed by atoms with E-state index in [0.717, 1.165) is 62.0 Å². The van der Waals surface area contributed by atoms with Crippen LogP contribution in [-0.4, -0.2) is 41.7 Å². The summed E-state index contributed by atoms with van der Waals surface area (Å²) in [6, 6.07) is 7.98. The van der Waals surface area contributed by atoms with E-state index in [2.05, 4.69) is 20.6 Å². The smallest absolute Gasteiger partial charge is 0.220 e. The van der Waals surface area contributed by atoms with Gasteiger partial charge >= 0.3 is 0 Å². The van der Waals surface area contributed by atoms with E-state index in [9.17, 15) is 4.79 Å². The molecule has 0 bridgehead atoms. The number of aromatic nitrogens is 2. The van der Waals surface area contributed by atoms with Crippen LogP contribution >= 0.6 is 12.2 Å². The maximum absolute atomic E-state index is 11.8. The number of hydrogen-bond acceptors (Lipinski definition) is 5. The minimum absolute atomic E-state index is 0.121. The molecule has 7 heteroatoms. The van der Waals surface area contributed by atoms with Gasteiger partial charge < -0.3 is 20.4 Å².